The van der Waals surface area contributed by atoms with E-state index in [1.165, 1.54) is 29.5 Å². The van der Waals surface area contributed by atoms with Crippen LogP contribution in [-0.4, -0.2) is 32.8 Å². The predicted octanol–water partition coefficient (Wildman–Crippen LogP) is 4.36. The molecule has 0 spiro atoms. The van der Waals surface area contributed by atoms with Gasteiger partial charge in [0.2, 0.25) is 5.75 Å². The molecule has 1 fully saturated rings. The number of benzene rings is 2. The van der Waals surface area contributed by atoms with Gasteiger partial charge in [-0.25, -0.2) is 0 Å². The van der Waals surface area contributed by atoms with Crippen LogP contribution in [-0.2, 0) is 6.54 Å². The van der Waals surface area contributed by atoms with Crippen LogP contribution in [0.2, 0.25) is 0 Å². The standard InChI is InChI=1S/C21H27NO3/c1-15-7-9-17(10-8-15)18-6-5-11-22(18)14-16-12-19(23-2)21(25-4)20(13-16)24-3/h7-10,12-13,18H,5-6,11,14H2,1-4H3/t18-/m1/s1. The molecule has 0 saturated carbocycles. The third-order valence-corrected chi connectivity index (χ3v) is 4.94. The number of rotatable bonds is 6. The third kappa shape index (κ3) is 3.74. The van der Waals surface area contributed by atoms with Crippen LogP contribution in [0.5, 0.6) is 17.2 Å². The predicted molar refractivity (Wildman–Crippen MR) is 99.7 cm³/mol. The van der Waals surface area contributed by atoms with E-state index in [1.54, 1.807) is 21.3 Å². The molecular formula is C21H27NO3. The molecule has 0 unspecified atom stereocenters. The van der Waals surface area contributed by atoms with Gasteiger partial charge in [0.25, 0.3) is 0 Å². The normalized spacial score (nSPS) is 17.5. The smallest absolute Gasteiger partial charge is 0.203 e. The Hall–Kier alpha value is -2.20. The summed E-state index contributed by atoms with van der Waals surface area (Å²) in [5.74, 6) is 2.07. The Bertz CT molecular complexity index is 687. The van der Waals surface area contributed by atoms with E-state index in [2.05, 4.69) is 36.1 Å². The monoisotopic (exact) mass is 341 g/mol. The maximum atomic E-state index is 5.48. The first-order valence-corrected chi connectivity index (χ1v) is 8.75. The molecule has 0 aliphatic carbocycles. The van der Waals surface area contributed by atoms with Crippen LogP contribution in [0.25, 0.3) is 0 Å². The summed E-state index contributed by atoms with van der Waals surface area (Å²) < 4.78 is 16.4. The second-order valence-corrected chi connectivity index (χ2v) is 6.57. The molecule has 25 heavy (non-hydrogen) atoms. The van der Waals surface area contributed by atoms with Crippen molar-refractivity contribution < 1.29 is 14.2 Å². The minimum absolute atomic E-state index is 0.472. The van der Waals surface area contributed by atoms with Gasteiger partial charge in [0, 0.05) is 12.6 Å². The topological polar surface area (TPSA) is 30.9 Å². The van der Waals surface area contributed by atoms with Crippen molar-refractivity contribution in [1.82, 2.24) is 4.90 Å². The highest BCUT2D eigenvalue weighted by Gasteiger charge is 2.26. The van der Waals surface area contributed by atoms with Crippen LogP contribution in [0.15, 0.2) is 36.4 Å². The molecule has 0 amide bonds. The quantitative estimate of drug-likeness (QED) is 0.781. The average Bonchev–Trinajstić information content (AvgIpc) is 3.09. The van der Waals surface area contributed by atoms with Gasteiger partial charge in [0.1, 0.15) is 0 Å². The molecule has 1 aliphatic heterocycles. The van der Waals surface area contributed by atoms with E-state index in [1.807, 2.05) is 12.1 Å². The minimum atomic E-state index is 0.472. The molecule has 0 N–H and O–H groups in total. The van der Waals surface area contributed by atoms with Crippen molar-refractivity contribution in [3.8, 4) is 17.2 Å². The number of nitrogens with zero attached hydrogens (tertiary/aromatic N) is 1. The Morgan fingerprint density at radius 1 is 0.960 bits per heavy atom. The van der Waals surface area contributed by atoms with Gasteiger partial charge in [0.15, 0.2) is 11.5 Å². The Kier molecular flexibility index (Phi) is 5.49. The van der Waals surface area contributed by atoms with Gasteiger partial charge in [-0.2, -0.15) is 0 Å². The van der Waals surface area contributed by atoms with Gasteiger partial charge in [0.05, 0.1) is 21.3 Å². The van der Waals surface area contributed by atoms with Crippen molar-refractivity contribution >= 4 is 0 Å². The van der Waals surface area contributed by atoms with Crippen LogP contribution >= 0.6 is 0 Å². The first-order chi connectivity index (χ1) is 12.2. The second-order valence-electron chi connectivity index (χ2n) is 6.57. The van der Waals surface area contributed by atoms with Crippen molar-refractivity contribution in [2.75, 3.05) is 27.9 Å². The Labute approximate surface area is 150 Å². The van der Waals surface area contributed by atoms with Crippen molar-refractivity contribution in [3.05, 3.63) is 53.1 Å². The lowest BCUT2D eigenvalue weighted by Crippen LogP contribution is -2.22. The molecule has 2 aromatic carbocycles. The molecule has 4 heteroatoms. The summed E-state index contributed by atoms with van der Waals surface area (Å²) in [6, 6.07) is 13.5. The highest BCUT2D eigenvalue weighted by Crippen LogP contribution is 2.40. The summed E-state index contributed by atoms with van der Waals surface area (Å²) in [4.78, 5) is 2.53. The fourth-order valence-corrected chi connectivity index (χ4v) is 3.64. The van der Waals surface area contributed by atoms with E-state index < -0.39 is 0 Å². The second kappa shape index (κ2) is 7.79. The minimum Gasteiger partial charge on any atom is -0.493 e. The van der Waals surface area contributed by atoms with Crippen LogP contribution < -0.4 is 14.2 Å². The van der Waals surface area contributed by atoms with E-state index >= 15 is 0 Å². The van der Waals surface area contributed by atoms with Gasteiger partial charge in [-0.1, -0.05) is 29.8 Å². The van der Waals surface area contributed by atoms with Gasteiger partial charge in [-0.05, 0) is 49.6 Å². The van der Waals surface area contributed by atoms with Gasteiger partial charge in [-0.15, -0.1) is 0 Å². The molecule has 3 rings (SSSR count). The summed E-state index contributed by atoms with van der Waals surface area (Å²) in [6.45, 7) is 4.11. The maximum Gasteiger partial charge on any atom is 0.203 e. The number of methoxy groups -OCH3 is 3. The zero-order chi connectivity index (χ0) is 17.8. The SMILES string of the molecule is COc1cc(CN2CCC[C@@H]2c2ccc(C)cc2)cc(OC)c1OC. The number of hydrogen-bond acceptors (Lipinski definition) is 4. The number of aryl methyl sites for hydroxylation is 1. The van der Waals surface area contributed by atoms with Crippen molar-refractivity contribution in [3.63, 3.8) is 0 Å². The van der Waals surface area contributed by atoms with Gasteiger partial charge in [-0.3, -0.25) is 4.90 Å². The highest BCUT2D eigenvalue weighted by molar-refractivity contribution is 5.53. The van der Waals surface area contributed by atoms with Crippen LogP contribution in [0.1, 0.15) is 35.6 Å². The third-order valence-electron chi connectivity index (χ3n) is 4.94. The fourth-order valence-electron chi connectivity index (χ4n) is 3.64. The van der Waals surface area contributed by atoms with Crippen LogP contribution in [0.4, 0.5) is 0 Å². The number of hydrogen-bond donors (Lipinski definition) is 0. The molecule has 4 nitrogen and oxygen atoms in total. The van der Waals surface area contributed by atoms with Crippen molar-refractivity contribution in [2.45, 2.75) is 32.4 Å². The number of ether oxygens (including phenoxy) is 3. The zero-order valence-corrected chi connectivity index (χ0v) is 15.5. The highest BCUT2D eigenvalue weighted by atomic mass is 16.5. The summed E-state index contributed by atoms with van der Waals surface area (Å²) in [6.07, 6.45) is 2.43. The first kappa shape index (κ1) is 17.6. The van der Waals surface area contributed by atoms with E-state index in [0.29, 0.717) is 23.3 Å². The lowest BCUT2D eigenvalue weighted by atomic mass is 10.0. The molecule has 0 radical (unpaired) electrons. The van der Waals surface area contributed by atoms with Crippen LogP contribution in [0.3, 0.4) is 0 Å². The summed E-state index contributed by atoms with van der Waals surface area (Å²) in [5.41, 5.74) is 3.88. The lowest BCUT2D eigenvalue weighted by molar-refractivity contribution is 0.247. The summed E-state index contributed by atoms with van der Waals surface area (Å²) >= 11 is 0. The molecule has 134 valence electrons. The van der Waals surface area contributed by atoms with E-state index in [4.69, 9.17) is 14.2 Å². The van der Waals surface area contributed by atoms with E-state index in [0.717, 1.165) is 13.1 Å². The fraction of sp³-hybridized carbons (Fsp3) is 0.429. The Morgan fingerprint density at radius 2 is 1.60 bits per heavy atom. The molecule has 0 aromatic heterocycles. The summed E-state index contributed by atoms with van der Waals surface area (Å²) in [7, 11) is 4.95. The average molecular weight is 341 g/mol. The molecular weight excluding hydrogens is 314 g/mol. The maximum absolute atomic E-state index is 5.48. The van der Waals surface area contributed by atoms with E-state index in [9.17, 15) is 0 Å². The van der Waals surface area contributed by atoms with Gasteiger partial charge >= 0.3 is 0 Å². The molecule has 1 heterocycles. The van der Waals surface area contributed by atoms with Crippen LogP contribution in [0, 0.1) is 6.92 Å². The Balaban J connectivity index is 1.84. The summed E-state index contributed by atoms with van der Waals surface area (Å²) in [5, 5.41) is 0. The van der Waals surface area contributed by atoms with Crippen molar-refractivity contribution in [1.29, 1.82) is 0 Å². The molecule has 1 aliphatic rings. The number of likely N-dealkylation sites (tertiary alicyclic amines) is 1. The Morgan fingerprint density at radius 3 is 2.16 bits per heavy atom. The molecule has 2 aromatic rings. The molecule has 0 bridgehead atoms. The first-order valence-electron chi connectivity index (χ1n) is 8.75. The molecule has 1 atom stereocenters. The van der Waals surface area contributed by atoms with Gasteiger partial charge < -0.3 is 14.2 Å². The largest absolute Gasteiger partial charge is 0.493 e. The zero-order valence-electron chi connectivity index (χ0n) is 15.5. The van der Waals surface area contributed by atoms with Crippen molar-refractivity contribution in [2.24, 2.45) is 0 Å². The lowest BCUT2D eigenvalue weighted by Gasteiger charge is -2.25. The van der Waals surface area contributed by atoms with E-state index in [-0.39, 0.29) is 0 Å². The molecule has 1 saturated heterocycles.